The van der Waals surface area contributed by atoms with Crippen LogP contribution in [0.3, 0.4) is 0 Å². The minimum absolute atomic E-state index is 0.0439. The van der Waals surface area contributed by atoms with Gasteiger partial charge in [-0.05, 0) is 52.9 Å². The molecule has 2 heterocycles. The van der Waals surface area contributed by atoms with Gasteiger partial charge in [-0.1, -0.05) is 23.4 Å². The summed E-state index contributed by atoms with van der Waals surface area (Å²) in [7, 11) is 0. The molecule has 1 aliphatic heterocycles. The van der Waals surface area contributed by atoms with Crippen LogP contribution in [-0.4, -0.2) is 45.0 Å². The highest BCUT2D eigenvalue weighted by atomic mass is 35.5. The van der Waals surface area contributed by atoms with E-state index in [-0.39, 0.29) is 11.5 Å². The van der Waals surface area contributed by atoms with Crippen LogP contribution >= 0.6 is 23.4 Å². The number of carbonyl (C=O) groups excluding carboxylic acids is 1. The number of fused-ring (bicyclic) bond motifs is 1. The predicted octanol–water partition coefficient (Wildman–Crippen LogP) is 3.06. The molecule has 0 saturated carbocycles. The summed E-state index contributed by atoms with van der Waals surface area (Å²) in [5.74, 6) is 1.41. The number of nitrogens with zero attached hydrogens (tertiary/aromatic N) is 4. The Kier molecular flexibility index (Phi) is 4.77. The fraction of sp³-hybridized carbons (Fsp3) is 0.176. The predicted molar refractivity (Wildman–Crippen MR) is 96.7 cm³/mol. The molecular formula is C17H13ClN4O3S. The molecule has 132 valence electrons. The number of aromatic nitrogens is 4. The van der Waals surface area contributed by atoms with Crippen molar-refractivity contribution in [1.82, 2.24) is 20.2 Å². The van der Waals surface area contributed by atoms with Gasteiger partial charge in [0.25, 0.3) is 0 Å². The van der Waals surface area contributed by atoms with Gasteiger partial charge in [0.1, 0.15) is 13.2 Å². The molecule has 7 nitrogen and oxygen atoms in total. The molecule has 9 heteroatoms. The van der Waals surface area contributed by atoms with E-state index in [0.717, 1.165) is 5.69 Å². The molecule has 0 atom stereocenters. The number of rotatable bonds is 5. The Labute approximate surface area is 158 Å². The number of hydrogen-bond donors (Lipinski definition) is 0. The molecule has 0 spiro atoms. The third-order valence-electron chi connectivity index (χ3n) is 3.71. The van der Waals surface area contributed by atoms with Gasteiger partial charge in [-0.2, -0.15) is 4.68 Å². The summed E-state index contributed by atoms with van der Waals surface area (Å²) >= 11 is 7.17. The van der Waals surface area contributed by atoms with Crippen molar-refractivity contribution < 1.29 is 14.3 Å². The molecule has 0 aliphatic carbocycles. The lowest BCUT2D eigenvalue weighted by Crippen LogP contribution is -2.16. The Balaban J connectivity index is 1.47. The highest BCUT2D eigenvalue weighted by molar-refractivity contribution is 7.99. The van der Waals surface area contributed by atoms with Crippen LogP contribution in [0.4, 0.5) is 0 Å². The van der Waals surface area contributed by atoms with Crippen LogP contribution in [0, 0.1) is 0 Å². The standard InChI is InChI=1S/C17H13ClN4O3S/c18-12-2-4-13(5-3-12)22-17(19-20-21-22)26-10-14(23)11-1-6-15-16(9-11)25-8-7-24-15/h1-6,9H,7-8,10H2. The van der Waals surface area contributed by atoms with E-state index < -0.39 is 0 Å². The first-order chi connectivity index (χ1) is 12.7. The molecule has 4 rings (SSSR count). The molecule has 3 aromatic rings. The fourth-order valence-electron chi connectivity index (χ4n) is 2.44. The smallest absolute Gasteiger partial charge is 0.214 e. The first kappa shape index (κ1) is 16.9. The van der Waals surface area contributed by atoms with E-state index in [1.807, 2.05) is 12.1 Å². The number of halogens is 1. The van der Waals surface area contributed by atoms with Gasteiger partial charge < -0.3 is 9.47 Å². The van der Waals surface area contributed by atoms with Gasteiger partial charge >= 0.3 is 0 Å². The summed E-state index contributed by atoms with van der Waals surface area (Å²) in [6, 6.07) is 12.3. The SMILES string of the molecule is O=C(CSc1nnnn1-c1ccc(Cl)cc1)c1ccc2c(c1)OCCO2. The summed E-state index contributed by atoms with van der Waals surface area (Å²) < 4.78 is 12.6. The van der Waals surface area contributed by atoms with Crippen molar-refractivity contribution in [2.75, 3.05) is 19.0 Å². The first-order valence-corrected chi connectivity index (χ1v) is 9.17. The molecule has 1 aliphatic rings. The molecule has 2 aromatic carbocycles. The Morgan fingerprint density at radius 2 is 1.88 bits per heavy atom. The highest BCUT2D eigenvalue weighted by Crippen LogP contribution is 2.31. The Morgan fingerprint density at radius 1 is 1.12 bits per heavy atom. The molecular weight excluding hydrogens is 376 g/mol. The number of benzene rings is 2. The Bertz CT molecular complexity index is 945. The first-order valence-electron chi connectivity index (χ1n) is 7.81. The van der Waals surface area contributed by atoms with E-state index in [4.69, 9.17) is 21.1 Å². The van der Waals surface area contributed by atoms with Crippen LogP contribution in [0.5, 0.6) is 11.5 Å². The van der Waals surface area contributed by atoms with Crippen molar-refractivity contribution in [3.63, 3.8) is 0 Å². The number of tetrazole rings is 1. The van der Waals surface area contributed by atoms with Crippen LogP contribution in [-0.2, 0) is 0 Å². The summed E-state index contributed by atoms with van der Waals surface area (Å²) in [5, 5.41) is 12.8. The normalized spacial score (nSPS) is 12.8. The number of thioether (sulfide) groups is 1. The van der Waals surface area contributed by atoms with Crippen molar-refractivity contribution in [2.45, 2.75) is 5.16 Å². The molecule has 1 aromatic heterocycles. The van der Waals surface area contributed by atoms with Crippen molar-refractivity contribution in [2.24, 2.45) is 0 Å². The third kappa shape index (κ3) is 3.51. The lowest BCUT2D eigenvalue weighted by molar-refractivity contribution is 0.102. The molecule has 0 amide bonds. The minimum Gasteiger partial charge on any atom is -0.486 e. The second-order valence-electron chi connectivity index (χ2n) is 5.42. The zero-order valence-electron chi connectivity index (χ0n) is 13.5. The van der Waals surface area contributed by atoms with Crippen LogP contribution in [0.1, 0.15) is 10.4 Å². The van der Waals surface area contributed by atoms with E-state index in [1.165, 1.54) is 11.8 Å². The van der Waals surface area contributed by atoms with Crippen molar-refractivity contribution in [1.29, 1.82) is 0 Å². The maximum Gasteiger partial charge on any atom is 0.214 e. The second kappa shape index (κ2) is 7.35. The second-order valence-corrected chi connectivity index (χ2v) is 6.80. The molecule has 0 saturated heterocycles. The quantitative estimate of drug-likeness (QED) is 0.491. The van der Waals surface area contributed by atoms with Crippen molar-refractivity contribution in [3.8, 4) is 17.2 Å². The number of Topliss-reactive ketones (excluding diaryl/α,β-unsaturated/α-hetero) is 1. The summed E-state index contributed by atoms with van der Waals surface area (Å²) in [4.78, 5) is 12.5. The maximum absolute atomic E-state index is 12.5. The molecule has 0 bridgehead atoms. The van der Waals surface area contributed by atoms with E-state index in [1.54, 1.807) is 35.0 Å². The number of carbonyl (C=O) groups is 1. The molecule has 26 heavy (non-hydrogen) atoms. The number of ether oxygens (including phenoxy) is 2. The zero-order chi connectivity index (χ0) is 17.9. The number of ketones is 1. The largest absolute Gasteiger partial charge is 0.486 e. The van der Waals surface area contributed by atoms with Crippen LogP contribution in [0.2, 0.25) is 5.02 Å². The molecule has 0 unspecified atom stereocenters. The van der Waals surface area contributed by atoms with E-state index in [2.05, 4.69) is 15.5 Å². The van der Waals surface area contributed by atoms with E-state index in [0.29, 0.717) is 40.5 Å². The molecule has 0 N–H and O–H groups in total. The van der Waals surface area contributed by atoms with Gasteiger partial charge in [0.05, 0.1) is 11.4 Å². The Morgan fingerprint density at radius 3 is 2.69 bits per heavy atom. The average Bonchev–Trinajstić information content (AvgIpc) is 3.15. The summed E-state index contributed by atoms with van der Waals surface area (Å²) in [6.45, 7) is 0.999. The lowest BCUT2D eigenvalue weighted by atomic mass is 10.1. The fourth-order valence-corrected chi connectivity index (χ4v) is 3.35. The average molecular weight is 389 g/mol. The van der Waals surface area contributed by atoms with Gasteiger partial charge in [-0.25, -0.2) is 0 Å². The summed E-state index contributed by atoms with van der Waals surface area (Å²) in [5.41, 5.74) is 1.33. The Hall–Kier alpha value is -2.58. The molecule has 0 radical (unpaired) electrons. The molecule has 0 fully saturated rings. The topological polar surface area (TPSA) is 79.1 Å². The van der Waals surface area contributed by atoms with Gasteiger partial charge in [-0.15, -0.1) is 5.10 Å². The zero-order valence-corrected chi connectivity index (χ0v) is 15.0. The van der Waals surface area contributed by atoms with Crippen LogP contribution in [0.25, 0.3) is 5.69 Å². The van der Waals surface area contributed by atoms with E-state index in [9.17, 15) is 4.79 Å². The minimum atomic E-state index is -0.0439. The lowest BCUT2D eigenvalue weighted by Gasteiger charge is -2.18. The van der Waals surface area contributed by atoms with Gasteiger partial charge in [0.2, 0.25) is 5.16 Å². The summed E-state index contributed by atoms with van der Waals surface area (Å²) in [6.07, 6.45) is 0. The van der Waals surface area contributed by atoms with Crippen molar-refractivity contribution in [3.05, 3.63) is 53.1 Å². The maximum atomic E-state index is 12.5. The van der Waals surface area contributed by atoms with Gasteiger partial charge in [0.15, 0.2) is 17.3 Å². The van der Waals surface area contributed by atoms with E-state index >= 15 is 0 Å². The third-order valence-corrected chi connectivity index (χ3v) is 4.88. The van der Waals surface area contributed by atoms with Gasteiger partial charge in [-0.3, -0.25) is 4.79 Å². The van der Waals surface area contributed by atoms with Crippen molar-refractivity contribution >= 4 is 29.1 Å². The van der Waals surface area contributed by atoms with Crippen LogP contribution < -0.4 is 9.47 Å². The number of hydrogen-bond acceptors (Lipinski definition) is 7. The monoisotopic (exact) mass is 388 g/mol. The van der Waals surface area contributed by atoms with Crippen LogP contribution in [0.15, 0.2) is 47.6 Å². The van der Waals surface area contributed by atoms with Gasteiger partial charge in [0, 0.05) is 10.6 Å². The highest BCUT2D eigenvalue weighted by Gasteiger charge is 2.17.